The molecule has 1 fully saturated rings. The van der Waals surface area contributed by atoms with E-state index in [9.17, 15) is 13.2 Å². The second-order valence-corrected chi connectivity index (χ2v) is 4.40. The quantitative estimate of drug-likeness (QED) is 0.794. The van der Waals surface area contributed by atoms with Gasteiger partial charge in [-0.05, 0) is 13.5 Å². The highest BCUT2D eigenvalue weighted by Crippen LogP contribution is 2.28. The van der Waals surface area contributed by atoms with E-state index in [0.29, 0.717) is 32.6 Å². The summed E-state index contributed by atoms with van der Waals surface area (Å²) in [6, 6.07) is -2.32. The van der Waals surface area contributed by atoms with Gasteiger partial charge < -0.3 is 10.6 Å². The summed E-state index contributed by atoms with van der Waals surface area (Å²) in [5, 5.41) is 0. The molecule has 0 aromatic heterocycles. The molecule has 1 aliphatic heterocycles. The fraction of sp³-hybridized carbons (Fsp3) is 1.00. The first-order valence-electron chi connectivity index (χ1n) is 5.61. The van der Waals surface area contributed by atoms with Crippen LogP contribution in [0.2, 0.25) is 0 Å². The van der Waals surface area contributed by atoms with Crippen molar-refractivity contribution in [2.75, 3.05) is 33.2 Å². The molecule has 0 aromatic rings. The average molecular weight is 239 g/mol. The zero-order valence-corrected chi connectivity index (χ0v) is 9.80. The van der Waals surface area contributed by atoms with Crippen molar-refractivity contribution in [1.82, 2.24) is 9.80 Å². The minimum Gasteiger partial charge on any atom is -0.326 e. The lowest BCUT2D eigenvalue weighted by molar-refractivity contribution is -0.193. The van der Waals surface area contributed by atoms with Crippen molar-refractivity contribution < 1.29 is 13.2 Å². The Bertz CT molecular complexity index is 212. The molecule has 0 bridgehead atoms. The summed E-state index contributed by atoms with van der Waals surface area (Å²) in [7, 11) is 1.92. The smallest absolute Gasteiger partial charge is 0.326 e. The largest absolute Gasteiger partial charge is 0.405 e. The predicted octanol–water partition coefficient (Wildman–Crippen LogP) is 0.902. The number of nitrogens with two attached hydrogens (primary N) is 1. The molecule has 0 spiro atoms. The fourth-order valence-corrected chi connectivity index (χ4v) is 2.04. The highest BCUT2D eigenvalue weighted by atomic mass is 19.4. The summed E-state index contributed by atoms with van der Waals surface area (Å²) in [5.74, 6) is 0. The molecule has 96 valence electrons. The molecule has 6 heteroatoms. The molecule has 16 heavy (non-hydrogen) atoms. The normalized spacial score (nSPS) is 24.4. The van der Waals surface area contributed by atoms with E-state index in [1.807, 2.05) is 11.9 Å². The van der Waals surface area contributed by atoms with Crippen molar-refractivity contribution in [3.63, 3.8) is 0 Å². The van der Waals surface area contributed by atoms with E-state index in [0.717, 1.165) is 0 Å². The summed E-state index contributed by atoms with van der Waals surface area (Å²) in [5.41, 5.74) is 5.59. The lowest BCUT2D eigenvalue weighted by Crippen LogP contribution is -2.60. The second-order valence-electron chi connectivity index (χ2n) is 4.40. The number of piperazine rings is 1. The fourth-order valence-electron chi connectivity index (χ4n) is 2.04. The molecule has 0 radical (unpaired) electrons. The lowest BCUT2D eigenvalue weighted by Gasteiger charge is -2.40. The Labute approximate surface area is 94.4 Å². The van der Waals surface area contributed by atoms with E-state index in [1.165, 1.54) is 4.90 Å². The SMILES string of the molecule is CCC(N)C(N1CCN(C)CC1)C(F)(F)F. The van der Waals surface area contributed by atoms with Crippen molar-refractivity contribution in [2.45, 2.75) is 31.6 Å². The molecule has 0 aliphatic carbocycles. The van der Waals surface area contributed by atoms with Crippen molar-refractivity contribution in [3.05, 3.63) is 0 Å². The molecule has 1 aliphatic rings. The van der Waals surface area contributed by atoms with Gasteiger partial charge in [-0.25, -0.2) is 0 Å². The maximum atomic E-state index is 12.9. The highest BCUT2D eigenvalue weighted by Gasteiger charge is 2.46. The first kappa shape index (κ1) is 13.7. The van der Waals surface area contributed by atoms with Crippen molar-refractivity contribution in [2.24, 2.45) is 5.73 Å². The number of likely N-dealkylation sites (N-methyl/N-ethyl adjacent to an activating group) is 1. The molecule has 0 aromatic carbocycles. The maximum Gasteiger partial charge on any atom is 0.405 e. The monoisotopic (exact) mass is 239 g/mol. The number of alkyl halides is 3. The van der Waals surface area contributed by atoms with Crippen LogP contribution in [0.15, 0.2) is 0 Å². The van der Waals surface area contributed by atoms with Crippen LogP contribution in [0.25, 0.3) is 0 Å². The Morgan fingerprint density at radius 3 is 2.06 bits per heavy atom. The zero-order valence-electron chi connectivity index (χ0n) is 9.80. The number of hydrogen-bond acceptors (Lipinski definition) is 3. The third-order valence-electron chi connectivity index (χ3n) is 3.14. The van der Waals surface area contributed by atoms with E-state index in [1.54, 1.807) is 6.92 Å². The molecule has 0 saturated carbocycles. The third kappa shape index (κ3) is 3.33. The first-order valence-corrected chi connectivity index (χ1v) is 5.61. The van der Waals surface area contributed by atoms with Gasteiger partial charge in [-0.2, -0.15) is 13.2 Å². The van der Waals surface area contributed by atoms with E-state index in [2.05, 4.69) is 0 Å². The maximum absolute atomic E-state index is 12.9. The number of hydrogen-bond donors (Lipinski definition) is 1. The summed E-state index contributed by atoms with van der Waals surface area (Å²) < 4.78 is 38.7. The Morgan fingerprint density at radius 1 is 1.19 bits per heavy atom. The van der Waals surface area contributed by atoms with E-state index in [4.69, 9.17) is 5.73 Å². The van der Waals surface area contributed by atoms with Crippen LogP contribution in [0.3, 0.4) is 0 Å². The van der Waals surface area contributed by atoms with Gasteiger partial charge in [0.2, 0.25) is 0 Å². The Kier molecular flexibility index (Phi) is 4.58. The van der Waals surface area contributed by atoms with Crippen LogP contribution in [0.1, 0.15) is 13.3 Å². The van der Waals surface area contributed by atoms with Crippen molar-refractivity contribution >= 4 is 0 Å². The van der Waals surface area contributed by atoms with E-state index < -0.39 is 18.3 Å². The molecule has 2 unspecified atom stereocenters. The number of halogens is 3. The third-order valence-corrected chi connectivity index (χ3v) is 3.14. The molecule has 1 heterocycles. The van der Waals surface area contributed by atoms with Gasteiger partial charge >= 0.3 is 6.18 Å². The second kappa shape index (κ2) is 5.33. The van der Waals surface area contributed by atoms with Gasteiger partial charge in [-0.1, -0.05) is 6.92 Å². The lowest BCUT2D eigenvalue weighted by atomic mass is 10.0. The van der Waals surface area contributed by atoms with Crippen LogP contribution < -0.4 is 5.73 Å². The summed E-state index contributed by atoms with van der Waals surface area (Å²) in [6.45, 7) is 3.91. The number of nitrogens with zero attached hydrogens (tertiary/aromatic N) is 2. The molecule has 2 N–H and O–H groups in total. The average Bonchev–Trinajstić information content (AvgIpc) is 2.19. The Hall–Kier alpha value is -0.330. The number of rotatable bonds is 3. The van der Waals surface area contributed by atoms with Crippen LogP contribution >= 0.6 is 0 Å². The minimum absolute atomic E-state index is 0.344. The van der Waals surface area contributed by atoms with E-state index >= 15 is 0 Å². The van der Waals surface area contributed by atoms with Crippen molar-refractivity contribution in [3.8, 4) is 0 Å². The predicted molar refractivity (Wildman–Crippen MR) is 57.2 cm³/mol. The van der Waals surface area contributed by atoms with Crippen LogP contribution in [0, 0.1) is 0 Å². The zero-order chi connectivity index (χ0) is 12.3. The molecular formula is C10H20F3N3. The molecule has 3 nitrogen and oxygen atoms in total. The van der Waals surface area contributed by atoms with E-state index in [-0.39, 0.29) is 0 Å². The molecule has 1 saturated heterocycles. The molecule has 0 amide bonds. The molecular weight excluding hydrogens is 219 g/mol. The molecule has 2 atom stereocenters. The minimum atomic E-state index is -4.23. The van der Waals surface area contributed by atoms with Gasteiger partial charge in [0.25, 0.3) is 0 Å². The van der Waals surface area contributed by atoms with Crippen LogP contribution in [0.5, 0.6) is 0 Å². The van der Waals surface area contributed by atoms with Gasteiger partial charge in [0.15, 0.2) is 0 Å². The van der Waals surface area contributed by atoms with Gasteiger partial charge in [-0.3, -0.25) is 4.90 Å². The Balaban J connectivity index is 2.69. The van der Waals surface area contributed by atoms with Crippen LogP contribution in [0.4, 0.5) is 13.2 Å². The molecule has 1 rings (SSSR count). The van der Waals surface area contributed by atoms with Gasteiger partial charge in [-0.15, -0.1) is 0 Å². The Morgan fingerprint density at radius 2 is 1.69 bits per heavy atom. The summed E-state index contributed by atoms with van der Waals surface area (Å²) >= 11 is 0. The van der Waals surface area contributed by atoms with Gasteiger partial charge in [0.1, 0.15) is 6.04 Å². The van der Waals surface area contributed by atoms with Crippen LogP contribution in [-0.4, -0.2) is 61.3 Å². The highest BCUT2D eigenvalue weighted by molar-refractivity contribution is 4.89. The standard InChI is InChI=1S/C10H20F3N3/c1-3-8(14)9(10(11,12)13)16-6-4-15(2)5-7-16/h8-9H,3-7,14H2,1-2H3. The van der Waals surface area contributed by atoms with Gasteiger partial charge in [0, 0.05) is 32.2 Å². The summed E-state index contributed by atoms with van der Waals surface area (Å²) in [6.07, 6.45) is -3.89. The first-order chi connectivity index (χ1) is 7.36. The van der Waals surface area contributed by atoms with Gasteiger partial charge in [0.05, 0.1) is 0 Å². The van der Waals surface area contributed by atoms with Crippen LogP contribution in [-0.2, 0) is 0 Å². The van der Waals surface area contributed by atoms with Crippen molar-refractivity contribution in [1.29, 1.82) is 0 Å². The topological polar surface area (TPSA) is 32.5 Å². The summed E-state index contributed by atoms with van der Waals surface area (Å²) in [4.78, 5) is 3.50.